The summed E-state index contributed by atoms with van der Waals surface area (Å²) in [6, 6.07) is 0. The Labute approximate surface area is 585 Å². The number of ether oxygens (including phenoxy) is 2. The largest absolute Gasteiger partial charge is 0.462 e. The molecular weight excluding hydrogens is 1150 g/mol. The Morgan fingerprint density at radius 2 is 0.457 bits per heavy atom. The van der Waals surface area contributed by atoms with Crippen LogP contribution in [0.2, 0.25) is 0 Å². The van der Waals surface area contributed by atoms with Gasteiger partial charge in [0.1, 0.15) is 6.61 Å². The van der Waals surface area contributed by atoms with E-state index >= 15 is 0 Å². The zero-order valence-electron chi connectivity index (χ0n) is 62.5. The fraction of sp³-hybridized carbons (Fsp3) is 0.753. The van der Waals surface area contributed by atoms with Crippen molar-refractivity contribution >= 4 is 11.9 Å². The van der Waals surface area contributed by atoms with Crippen molar-refractivity contribution < 1.29 is 24.2 Å². The predicted molar refractivity (Wildman–Crippen MR) is 417 cm³/mol. The van der Waals surface area contributed by atoms with Crippen molar-refractivity contribution in [3.63, 3.8) is 0 Å². The van der Waals surface area contributed by atoms with Gasteiger partial charge in [0, 0.05) is 12.8 Å². The SMILES string of the molecule is CC/C=C\C/C=C\C/C=C\C/C=C\C/C=C\C/C=C\C/C=C\C/C=C\C/C=C\C/C=C\CCCCCCCCCCC(=O)OC(CO)COC(=O)CCCCCCCCCCCCCCCCCCCCCCCCCCCCCCCCCCCCCCCCCCC. The minimum atomic E-state index is -0.785. The second kappa shape index (κ2) is 83.5. The van der Waals surface area contributed by atoms with E-state index in [4.69, 9.17) is 9.47 Å². The predicted octanol–water partition coefficient (Wildman–Crippen LogP) is 29.2. The molecule has 1 unspecified atom stereocenters. The van der Waals surface area contributed by atoms with Gasteiger partial charge >= 0.3 is 11.9 Å². The number of carbonyl (C=O) groups excluding carboxylic acids is 2. The van der Waals surface area contributed by atoms with Gasteiger partial charge in [-0.25, -0.2) is 0 Å². The van der Waals surface area contributed by atoms with Crippen molar-refractivity contribution in [1.29, 1.82) is 0 Å². The van der Waals surface area contributed by atoms with Crippen LogP contribution < -0.4 is 0 Å². The van der Waals surface area contributed by atoms with Crippen LogP contribution >= 0.6 is 0 Å². The van der Waals surface area contributed by atoms with Crippen molar-refractivity contribution in [2.45, 2.75) is 418 Å². The molecule has 0 saturated carbocycles. The van der Waals surface area contributed by atoms with Crippen molar-refractivity contribution in [1.82, 2.24) is 0 Å². The Balaban J connectivity index is 3.46. The Kier molecular flexibility index (Phi) is 80.2. The number of hydrogen-bond donors (Lipinski definition) is 1. The molecule has 5 heteroatoms. The van der Waals surface area contributed by atoms with E-state index in [1.165, 1.54) is 276 Å². The van der Waals surface area contributed by atoms with E-state index in [9.17, 15) is 14.7 Å². The van der Waals surface area contributed by atoms with Crippen LogP contribution in [0.4, 0.5) is 0 Å². The van der Waals surface area contributed by atoms with Crippen LogP contribution in [0, 0.1) is 0 Å². The minimum absolute atomic E-state index is 0.0711. The summed E-state index contributed by atoms with van der Waals surface area (Å²) in [5.74, 6) is -0.589. The third-order valence-electron chi connectivity index (χ3n) is 18.3. The molecule has 542 valence electrons. The molecule has 1 N–H and O–H groups in total. The fourth-order valence-electron chi connectivity index (χ4n) is 12.2. The van der Waals surface area contributed by atoms with Gasteiger partial charge in [0.15, 0.2) is 6.10 Å². The number of carbonyl (C=O) groups is 2. The van der Waals surface area contributed by atoms with Gasteiger partial charge in [-0.1, -0.05) is 431 Å². The number of hydrogen-bond acceptors (Lipinski definition) is 5. The molecule has 0 saturated heterocycles. The number of esters is 2. The zero-order chi connectivity index (χ0) is 67.5. The van der Waals surface area contributed by atoms with Crippen LogP contribution in [0.5, 0.6) is 0 Å². The monoisotopic (exact) mass is 1310 g/mol. The normalized spacial score (nSPS) is 12.8. The van der Waals surface area contributed by atoms with Gasteiger partial charge in [-0.3, -0.25) is 9.59 Å². The lowest BCUT2D eigenvalue weighted by Gasteiger charge is -2.15. The second-order valence-corrected chi connectivity index (χ2v) is 27.5. The van der Waals surface area contributed by atoms with E-state index in [0.29, 0.717) is 12.8 Å². The summed E-state index contributed by atoms with van der Waals surface area (Å²) in [6.45, 7) is 4.07. The first-order chi connectivity index (χ1) is 46.6. The molecule has 0 amide bonds. The molecule has 0 bridgehead atoms. The molecule has 0 aromatic heterocycles. The highest BCUT2D eigenvalue weighted by Gasteiger charge is 2.16. The van der Waals surface area contributed by atoms with Crippen molar-refractivity contribution in [2.75, 3.05) is 13.2 Å². The quantitative estimate of drug-likeness (QED) is 0.0373. The van der Waals surface area contributed by atoms with Crippen LogP contribution in [0.3, 0.4) is 0 Å². The first kappa shape index (κ1) is 90.3. The van der Waals surface area contributed by atoms with Crippen LogP contribution in [0.25, 0.3) is 0 Å². The molecule has 0 aliphatic rings. The first-order valence-corrected chi connectivity index (χ1v) is 41.1. The summed E-state index contributed by atoms with van der Waals surface area (Å²) >= 11 is 0. The highest BCUT2D eigenvalue weighted by molar-refractivity contribution is 5.70. The maximum Gasteiger partial charge on any atom is 0.306 e. The maximum absolute atomic E-state index is 12.4. The van der Waals surface area contributed by atoms with Crippen molar-refractivity contribution in [2.24, 2.45) is 0 Å². The van der Waals surface area contributed by atoms with Crippen LogP contribution in [-0.2, 0) is 19.1 Å². The molecule has 0 aromatic rings. The third kappa shape index (κ3) is 80.7. The van der Waals surface area contributed by atoms with Crippen molar-refractivity contribution in [3.8, 4) is 0 Å². The van der Waals surface area contributed by atoms with E-state index in [1.54, 1.807) is 0 Å². The highest BCUT2D eigenvalue weighted by atomic mass is 16.6. The number of rotatable bonds is 76. The number of allylic oxidation sites excluding steroid dienone is 20. The summed E-state index contributed by atoms with van der Waals surface area (Å²) in [7, 11) is 0. The van der Waals surface area contributed by atoms with Gasteiger partial charge in [0.05, 0.1) is 6.61 Å². The summed E-state index contributed by atoms with van der Waals surface area (Å²) < 4.78 is 10.8. The molecule has 0 fully saturated rings. The number of aliphatic hydroxyl groups excluding tert-OH is 1. The van der Waals surface area contributed by atoms with E-state index in [0.717, 1.165) is 109 Å². The lowest BCUT2D eigenvalue weighted by atomic mass is 10.0. The standard InChI is InChI=1S/C89H156O5/c1-3-5-7-9-11-13-15-17-19-21-23-25-27-29-31-33-35-37-39-41-43-44-46-47-49-51-53-55-57-59-61-63-65-67-69-71-73-75-77-79-81-83-88(91)93-86-87(85-90)94-89(92)84-82-80-78-76-74-72-70-68-66-64-62-60-58-56-54-52-50-48-45-42-40-38-36-34-32-30-28-26-24-22-20-18-16-14-12-10-8-6-4-2/h6,8,12,14,18,20,24,26,30,32,36,38,42,45,50,52,56,58,62,64,87,90H,3-5,7,9-11,13,15-17,19,21-23,25,27-29,31,33-35,37,39-41,43-44,46-49,51,53-55,57,59-61,63,65-86H2,1-2H3/b8-6-,14-12-,20-18-,26-24-,32-30-,38-36-,45-42-,52-50-,58-56-,64-62-. The van der Waals surface area contributed by atoms with Gasteiger partial charge in [0.25, 0.3) is 0 Å². The van der Waals surface area contributed by atoms with E-state index < -0.39 is 6.10 Å². The summed E-state index contributed by atoms with van der Waals surface area (Å²) in [5.41, 5.74) is 0. The lowest BCUT2D eigenvalue weighted by Crippen LogP contribution is -2.28. The molecule has 0 aliphatic carbocycles. The average molecular weight is 1310 g/mol. The van der Waals surface area contributed by atoms with Crippen LogP contribution in [0.1, 0.15) is 412 Å². The molecule has 0 heterocycles. The van der Waals surface area contributed by atoms with Crippen LogP contribution in [0.15, 0.2) is 122 Å². The molecule has 5 nitrogen and oxygen atoms in total. The van der Waals surface area contributed by atoms with E-state index in [1.807, 2.05) is 0 Å². The summed E-state index contributed by atoms with van der Waals surface area (Å²) in [6.07, 6.45) is 123. The second-order valence-electron chi connectivity index (χ2n) is 27.5. The van der Waals surface area contributed by atoms with Gasteiger partial charge in [-0.05, 0) is 89.9 Å². The first-order valence-electron chi connectivity index (χ1n) is 41.1. The van der Waals surface area contributed by atoms with E-state index in [2.05, 4.69) is 135 Å². The topological polar surface area (TPSA) is 72.8 Å². The highest BCUT2D eigenvalue weighted by Crippen LogP contribution is 2.20. The van der Waals surface area contributed by atoms with Gasteiger partial charge in [-0.2, -0.15) is 0 Å². The molecule has 1 atom stereocenters. The molecule has 0 aliphatic heterocycles. The molecular formula is C89H156O5. The molecule has 0 rings (SSSR count). The minimum Gasteiger partial charge on any atom is -0.462 e. The van der Waals surface area contributed by atoms with Gasteiger partial charge < -0.3 is 14.6 Å². The Morgan fingerprint density at radius 3 is 0.691 bits per heavy atom. The van der Waals surface area contributed by atoms with Gasteiger partial charge in [-0.15, -0.1) is 0 Å². The zero-order valence-corrected chi connectivity index (χ0v) is 62.5. The Bertz CT molecular complexity index is 1820. The number of aliphatic hydroxyl groups is 1. The average Bonchev–Trinajstić information content (AvgIpc) is 3.65. The molecule has 0 spiro atoms. The Morgan fingerprint density at radius 1 is 0.255 bits per heavy atom. The lowest BCUT2D eigenvalue weighted by molar-refractivity contribution is -0.161. The van der Waals surface area contributed by atoms with Crippen molar-refractivity contribution in [3.05, 3.63) is 122 Å². The smallest absolute Gasteiger partial charge is 0.306 e. The number of unbranched alkanes of at least 4 members (excludes halogenated alkanes) is 48. The Hall–Kier alpha value is -3.70. The third-order valence-corrected chi connectivity index (χ3v) is 18.3. The molecule has 0 aromatic carbocycles. The molecule has 94 heavy (non-hydrogen) atoms. The van der Waals surface area contributed by atoms with E-state index in [-0.39, 0.29) is 25.2 Å². The molecule has 0 radical (unpaired) electrons. The summed E-state index contributed by atoms with van der Waals surface area (Å²) in [4.78, 5) is 24.7. The van der Waals surface area contributed by atoms with Gasteiger partial charge in [0.2, 0.25) is 0 Å². The van der Waals surface area contributed by atoms with Crippen LogP contribution in [-0.4, -0.2) is 36.4 Å². The maximum atomic E-state index is 12.4. The summed E-state index contributed by atoms with van der Waals surface area (Å²) in [5, 5.41) is 9.73. The fourth-order valence-corrected chi connectivity index (χ4v) is 12.2.